The highest BCUT2D eigenvalue weighted by molar-refractivity contribution is 6.16. The number of rotatable bonds is 2. The fourth-order valence-electron chi connectivity index (χ4n) is 2.59. The Morgan fingerprint density at radius 2 is 1.55 bits per heavy atom. The van der Waals surface area contributed by atoms with Crippen LogP contribution in [0.15, 0.2) is 60.7 Å². The minimum atomic E-state index is 0.0879. The van der Waals surface area contributed by atoms with E-state index in [0.717, 1.165) is 27.5 Å². The normalized spacial score (nSPS) is 10.7. The van der Waals surface area contributed by atoms with Gasteiger partial charge in [-0.05, 0) is 36.2 Å². The number of benzene rings is 3. The van der Waals surface area contributed by atoms with Crippen LogP contribution >= 0.6 is 0 Å². The molecule has 3 rings (SSSR count). The van der Waals surface area contributed by atoms with E-state index in [-0.39, 0.29) is 5.78 Å². The van der Waals surface area contributed by atoms with Crippen molar-refractivity contribution in [3.05, 3.63) is 82.9 Å². The van der Waals surface area contributed by atoms with E-state index in [0.29, 0.717) is 0 Å². The van der Waals surface area contributed by atoms with E-state index < -0.39 is 0 Å². The summed E-state index contributed by atoms with van der Waals surface area (Å²) in [6.07, 6.45) is 0. The van der Waals surface area contributed by atoms with E-state index in [2.05, 4.69) is 13.0 Å². The van der Waals surface area contributed by atoms with E-state index in [1.54, 1.807) is 0 Å². The van der Waals surface area contributed by atoms with Gasteiger partial charge >= 0.3 is 0 Å². The molecular weight excluding hydrogens is 244 g/mol. The van der Waals surface area contributed by atoms with Gasteiger partial charge in [0, 0.05) is 11.1 Å². The monoisotopic (exact) mass is 260 g/mol. The molecule has 0 atom stereocenters. The molecule has 1 nitrogen and oxygen atoms in total. The van der Waals surface area contributed by atoms with Gasteiger partial charge in [-0.15, -0.1) is 0 Å². The first-order valence-corrected chi connectivity index (χ1v) is 6.76. The van der Waals surface area contributed by atoms with Crippen molar-refractivity contribution in [3.8, 4) is 0 Å². The minimum Gasteiger partial charge on any atom is -0.289 e. The first-order chi connectivity index (χ1) is 9.66. The smallest absolute Gasteiger partial charge is 0.193 e. The van der Waals surface area contributed by atoms with E-state index >= 15 is 0 Å². The molecule has 0 saturated heterocycles. The molecule has 3 aromatic rings. The van der Waals surface area contributed by atoms with Crippen molar-refractivity contribution in [1.29, 1.82) is 0 Å². The highest BCUT2D eigenvalue weighted by Gasteiger charge is 2.13. The van der Waals surface area contributed by atoms with Gasteiger partial charge < -0.3 is 0 Å². The molecule has 0 aliphatic rings. The third-order valence-electron chi connectivity index (χ3n) is 3.67. The number of hydrogen-bond acceptors (Lipinski definition) is 1. The van der Waals surface area contributed by atoms with Crippen LogP contribution in [0.3, 0.4) is 0 Å². The average molecular weight is 260 g/mol. The Labute approximate surface area is 118 Å². The number of carbonyl (C=O) groups excluding carboxylic acids is 1. The topological polar surface area (TPSA) is 17.1 Å². The van der Waals surface area contributed by atoms with Gasteiger partial charge in [-0.3, -0.25) is 4.79 Å². The van der Waals surface area contributed by atoms with Crippen LogP contribution in [-0.2, 0) is 0 Å². The second-order valence-corrected chi connectivity index (χ2v) is 5.17. The van der Waals surface area contributed by atoms with Crippen molar-refractivity contribution in [2.24, 2.45) is 0 Å². The third kappa shape index (κ3) is 2.12. The van der Waals surface area contributed by atoms with Crippen molar-refractivity contribution in [3.63, 3.8) is 0 Å². The van der Waals surface area contributed by atoms with Crippen molar-refractivity contribution in [2.75, 3.05) is 0 Å². The van der Waals surface area contributed by atoms with E-state index in [9.17, 15) is 4.79 Å². The molecule has 20 heavy (non-hydrogen) atoms. The van der Waals surface area contributed by atoms with Crippen LogP contribution in [0.4, 0.5) is 0 Å². The number of ketones is 1. The molecule has 0 unspecified atom stereocenters. The lowest BCUT2D eigenvalue weighted by Gasteiger charge is -2.08. The zero-order valence-corrected chi connectivity index (χ0v) is 11.7. The third-order valence-corrected chi connectivity index (χ3v) is 3.67. The summed E-state index contributed by atoms with van der Waals surface area (Å²) in [5.74, 6) is 0.0879. The lowest BCUT2D eigenvalue weighted by atomic mass is 9.94. The zero-order valence-electron chi connectivity index (χ0n) is 11.7. The SMILES string of the molecule is Cc1cccc(C(=O)c2ccc(C)c3ccccc23)c1. The maximum atomic E-state index is 12.7. The maximum absolute atomic E-state index is 12.7. The Kier molecular flexibility index (Phi) is 3.11. The molecule has 1 heteroatoms. The zero-order chi connectivity index (χ0) is 14.1. The lowest BCUT2D eigenvalue weighted by molar-refractivity contribution is 0.104. The predicted molar refractivity (Wildman–Crippen MR) is 83.3 cm³/mol. The molecule has 0 bridgehead atoms. The van der Waals surface area contributed by atoms with Crippen LogP contribution in [0.1, 0.15) is 27.0 Å². The summed E-state index contributed by atoms with van der Waals surface area (Å²) in [5, 5.41) is 2.17. The summed E-state index contributed by atoms with van der Waals surface area (Å²) in [6, 6.07) is 19.8. The molecular formula is C19H16O. The molecule has 98 valence electrons. The summed E-state index contributed by atoms with van der Waals surface area (Å²) >= 11 is 0. The Morgan fingerprint density at radius 1 is 0.800 bits per heavy atom. The molecule has 0 aliphatic heterocycles. The molecule has 0 radical (unpaired) electrons. The Morgan fingerprint density at radius 3 is 2.30 bits per heavy atom. The van der Waals surface area contributed by atoms with Crippen molar-refractivity contribution >= 4 is 16.6 Å². The summed E-state index contributed by atoms with van der Waals surface area (Å²) < 4.78 is 0. The van der Waals surface area contributed by atoms with Gasteiger partial charge in [-0.2, -0.15) is 0 Å². The Balaban J connectivity index is 2.20. The maximum Gasteiger partial charge on any atom is 0.193 e. The molecule has 0 amide bonds. The summed E-state index contributed by atoms with van der Waals surface area (Å²) in [6.45, 7) is 4.08. The molecule has 0 aromatic heterocycles. The van der Waals surface area contributed by atoms with Crippen molar-refractivity contribution in [1.82, 2.24) is 0 Å². The van der Waals surface area contributed by atoms with Crippen molar-refractivity contribution < 1.29 is 4.79 Å². The van der Waals surface area contributed by atoms with Crippen LogP contribution in [-0.4, -0.2) is 5.78 Å². The van der Waals surface area contributed by atoms with Crippen LogP contribution in [0.2, 0.25) is 0 Å². The van der Waals surface area contributed by atoms with Crippen LogP contribution in [0.5, 0.6) is 0 Å². The fraction of sp³-hybridized carbons (Fsp3) is 0.105. The largest absolute Gasteiger partial charge is 0.289 e. The second kappa shape index (κ2) is 4.93. The van der Waals surface area contributed by atoms with Gasteiger partial charge in [0.2, 0.25) is 0 Å². The molecule has 3 aromatic carbocycles. The number of fused-ring (bicyclic) bond motifs is 1. The van der Waals surface area contributed by atoms with E-state index in [1.807, 2.05) is 61.5 Å². The lowest BCUT2D eigenvalue weighted by Crippen LogP contribution is -2.02. The average Bonchev–Trinajstić information content (AvgIpc) is 2.47. The molecule has 0 spiro atoms. The summed E-state index contributed by atoms with van der Waals surface area (Å²) in [4.78, 5) is 12.7. The van der Waals surface area contributed by atoms with Crippen LogP contribution < -0.4 is 0 Å². The second-order valence-electron chi connectivity index (χ2n) is 5.17. The van der Waals surface area contributed by atoms with Gasteiger partial charge in [0.15, 0.2) is 5.78 Å². The van der Waals surface area contributed by atoms with Crippen molar-refractivity contribution in [2.45, 2.75) is 13.8 Å². The minimum absolute atomic E-state index is 0.0879. The van der Waals surface area contributed by atoms with Gasteiger partial charge in [0.25, 0.3) is 0 Å². The Hall–Kier alpha value is -2.41. The Bertz CT molecular complexity index is 800. The molecule has 0 saturated carbocycles. The number of aryl methyl sites for hydroxylation is 2. The van der Waals surface area contributed by atoms with Crippen LogP contribution in [0.25, 0.3) is 10.8 Å². The predicted octanol–water partition coefficient (Wildman–Crippen LogP) is 4.69. The van der Waals surface area contributed by atoms with E-state index in [4.69, 9.17) is 0 Å². The summed E-state index contributed by atoms with van der Waals surface area (Å²) in [5.41, 5.74) is 3.82. The van der Waals surface area contributed by atoms with Gasteiger partial charge in [-0.1, -0.05) is 60.2 Å². The molecule has 0 N–H and O–H groups in total. The molecule has 0 fully saturated rings. The van der Waals surface area contributed by atoms with E-state index in [1.165, 1.54) is 5.56 Å². The standard InChI is InChI=1S/C19H16O/c1-13-6-5-7-15(12-13)19(20)18-11-10-14(2)16-8-3-4-9-17(16)18/h3-12H,1-2H3. The first kappa shape index (κ1) is 12.6. The van der Waals surface area contributed by atoms with Gasteiger partial charge in [-0.25, -0.2) is 0 Å². The first-order valence-electron chi connectivity index (χ1n) is 6.76. The highest BCUT2D eigenvalue weighted by atomic mass is 16.1. The summed E-state index contributed by atoms with van der Waals surface area (Å²) in [7, 11) is 0. The fourth-order valence-corrected chi connectivity index (χ4v) is 2.59. The van der Waals surface area contributed by atoms with Crippen LogP contribution in [0, 0.1) is 13.8 Å². The molecule has 0 heterocycles. The quantitative estimate of drug-likeness (QED) is 0.611. The number of hydrogen-bond donors (Lipinski definition) is 0. The number of carbonyl (C=O) groups is 1. The van der Waals surface area contributed by atoms with Gasteiger partial charge in [0.1, 0.15) is 0 Å². The molecule has 0 aliphatic carbocycles. The van der Waals surface area contributed by atoms with Gasteiger partial charge in [0.05, 0.1) is 0 Å². The highest BCUT2D eigenvalue weighted by Crippen LogP contribution is 2.24.